The van der Waals surface area contributed by atoms with E-state index in [1.54, 1.807) is 30.2 Å². The minimum absolute atomic E-state index is 0.199. The van der Waals surface area contributed by atoms with E-state index in [1.807, 2.05) is 51.1 Å². The predicted octanol–water partition coefficient (Wildman–Crippen LogP) is 5.80. The van der Waals surface area contributed by atoms with E-state index in [1.165, 1.54) is 0 Å². The highest BCUT2D eigenvalue weighted by molar-refractivity contribution is 6.76. The highest BCUT2D eigenvalue weighted by atomic mass is 28.3. The third kappa shape index (κ3) is 8.11. The number of carbonyl (C=O) groups is 1. The van der Waals surface area contributed by atoms with Gasteiger partial charge in [0.05, 0.1) is 12.7 Å². The van der Waals surface area contributed by atoms with Gasteiger partial charge in [0.15, 0.2) is 17.3 Å². The maximum atomic E-state index is 13.0. The lowest BCUT2D eigenvalue weighted by Gasteiger charge is -2.26. The van der Waals surface area contributed by atoms with Crippen LogP contribution in [0.25, 0.3) is 0 Å². The predicted molar refractivity (Wildman–Crippen MR) is 145 cm³/mol. The molecule has 196 valence electrons. The van der Waals surface area contributed by atoms with Crippen molar-refractivity contribution in [2.75, 3.05) is 38.6 Å². The van der Waals surface area contributed by atoms with Gasteiger partial charge < -0.3 is 28.6 Å². The van der Waals surface area contributed by atoms with Gasteiger partial charge in [-0.3, -0.25) is 4.79 Å². The Hall–Kier alpha value is -2.81. The average molecular weight is 514 g/mol. The fourth-order valence-corrected chi connectivity index (χ4v) is 4.15. The molecule has 0 fully saturated rings. The second-order valence-electron chi connectivity index (χ2n) is 10.8. The van der Waals surface area contributed by atoms with Gasteiger partial charge in [0.1, 0.15) is 19.1 Å². The topological polar surface area (TPSA) is 66.5 Å². The molecule has 2 aromatic rings. The molecule has 3 rings (SSSR count). The highest BCUT2D eigenvalue weighted by Gasteiger charge is 2.28. The van der Waals surface area contributed by atoms with Crippen LogP contribution in [-0.2, 0) is 14.3 Å². The van der Waals surface area contributed by atoms with E-state index < -0.39 is 13.7 Å². The van der Waals surface area contributed by atoms with Crippen molar-refractivity contribution in [1.29, 1.82) is 0 Å². The summed E-state index contributed by atoms with van der Waals surface area (Å²) in [5.74, 6) is 1.86. The average Bonchev–Trinajstić information content (AvgIpc) is 3.18. The second-order valence-corrected chi connectivity index (χ2v) is 16.4. The quantitative estimate of drug-likeness (QED) is 0.192. The van der Waals surface area contributed by atoms with Crippen LogP contribution in [0.1, 0.15) is 19.4 Å². The molecule has 1 aliphatic rings. The van der Waals surface area contributed by atoms with E-state index in [2.05, 4.69) is 19.6 Å². The zero-order valence-electron chi connectivity index (χ0n) is 22.6. The molecule has 2 aromatic carbocycles. The van der Waals surface area contributed by atoms with Gasteiger partial charge >= 0.3 is 0 Å². The third-order valence-electron chi connectivity index (χ3n) is 5.73. The first-order valence-electron chi connectivity index (χ1n) is 12.3. The number of nitrogens with zero attached hydrogens (tertiary/aromatic N) is 1. The minimum atomic E-state index is -1.12. The number of carbonyl (C=O) groups excluding carboxylic acids is 1. The Kier molecular flexibility index (Phi) is 9.22. The number of anilines is 1. The van der Waals surface area contributed by atoms with Gasteiger partial charge in [0, 0.05) is 33.0 Å². The molecule has 0 radical (unpaired) electrons. The molecule has 0 unspecified atom stereocenters. The molecule has 0 aliphatic carbocycles. The van der Waals surface area contributed by atoms with Gasteiger partial charge in [-0.1, -0.05) is 37.3 Å². The molecule has 0 aromatic heterocycles. The van der Waals surface area contributed by atoms with Crippen LogP contribution in [0.5, 0.6) is 17.2 Å². The molecule has 0 bridgehead atoms. The van der Waals surface area contributed by atoms with Crippen LogP contribution in [-0.4, -0.2) is 53.2 Å². The van der Waals surface area contributed by atoms with E-state index >= 15 is 0 Å². The molecule has 1 aliphatic heterocycles. The Balaban J connectivity index is 1.54. The van der Waals surface area contributed by atoms with Crippen molar-refractivity contribution in [2.45, 2.75) is 52.1 Å². The fraction of sp³-hybridized carbons (Fsp3) is 0.464. The summed E-state index contributed by atoms with van der Waals surface area (Å²) < 4.78 is 28.9. The zero-order chi connectivity index (χ0) is 26.3. The van der Waals surface area contributed by atoms with E-state index in [-0.39, 0.29) is 12.7 Å². The van der Waals surface area contributed by atoms with Crippen molar-refractivity contribution in [2.24, 2.45) is 0 Å². The van der Waals surface area contributed by atoms with Crippen molar-refractivity contribution in [3.63, 3.8) is 0 Å². The van der Waals surface area contributed by atoms with E-state index in [0.717, 1.165) is 11.6 Å². The molecular weight excluding hydrogens is 474 g/mol. The Morgan fingerprint density at radius 1 is 1.03 bits per heavy atom. The van der Waals surface area contributed by atoms with Crippen LogP contribution in [0.2, 0.25) is 25.7 Å². The van der Waals surface area contributed by atoms with Gasteiger partial charge in [-0.05, 0) is 57.2 Å². The van der Waals surface area contributed by atoms with Crippen LogP contribution in [0.4, 0.5) is 5.69 Å². The van der Waals surface area contributed by atoms with Crippen molar-refractivity contribution in [3.05, 3.63) is 59.9 Å². The number of rotatable bonds is 13. The van der Waals surface area contributed by atoms with Crippen molar-refractivity contribution in [3.8, 4) is 17.2 Å². The summed E-state index contributed by atoms with van der Waals surface area (Å²) in [4.78, 5) is 14.6. The lowest BCUT2D eigenvalue weighted by Crippen LogP contribution is -2.33. The summed E-state index contributed by atoms with van der Waals surface area (Å²) in [6.07, 6.45) is 1.78. The molecule has 7 nitrogen and oxygen atoms in total. The fourth-order valence-electron chi connectivity index (χ4n) is 3.39. The number of ether oxygens (including phenoxy) is 5. The maximum Gasteiger partial charge on any atom is 0.294 e. The largest absolute Gasteiger partial charge is 0.493 e. The van der Waals surface area contributed by atoms with E-state index in [0.29, 0.717) is 48.5 Å². The van der Waals surface area contributed by atoms with Crippen LogP contribution >= 0.6 is 0 Å². The van der Waals surface area contributed by atoms with Crippen molar-refractivity contribution < 1.29 is 28.5 Å². The van der Waals surface area contributed by atoms with Crippen molar-refractivity contribution >= 4 is 19.7 Å². The Morgan fingerprint density at radius 3 is 2.42 bits per heavy atom. The molecule has 0 atom stereocenters. The number of methoxy groups -OCH3 is 1. The monoisotopic (exact) mass is 513 g/mol. The van der Waals surface area contributed by atoms with Gasteiger partial charge in [-0.15, -0.1) is 0 Å². The molecule has 8 heteroatoms. The minimum Gasteiger partial charge on any atom is -0.493 e. The first kappa shape index (κ1) is 27.8. The van der Waals surface area contributed by atoms with Crippen molar-refractivity contribution in [1.82, 2.24) is 0 Å². The van der Waals surface area contributed by atoms with Gasteiger partial charge in [-0.25, -0.2) is 0 Å². The Bertz CT molecular complexity index is 1060. The number of hydrogen-bond donors (Lipinski definition) is 0. The maximum absolute atomic E-state index is 13.0. The molecule has 0 saturated heterocycles. The Morgan fingerprint density at radius 2 is 1.75 bits per heavy atom. The summed E-state index contributed by atoms with van der Waals surface area (Å²) >= 11 is 0. The van der Waals surface area contributed by atoms with Crippen LogP contribution in [0, 0.1) is 6.92 Å². The summed E-state index contributed by atoms with van der Waals surface area (Å²) in [6.45, 7) is 14.6. The molecule has 1 heterocycles. The molecule has 0 spiro atoms. The van der Waals surface area contributed by atoms with Gasteiger partial charge in [0.2, 0.25) is 0 Å². The zero-order valence-corrected chi connectivity index (χ0v) is 23.6. The third-order valence-corrected chi connectivity index (χ3v) is 7.43. The molecule has 0 N–H and O–H groups in total. The number of benzene rings is 2. The van der Waals surface area contributed by atoms with Crippen LogP contribution in [0.3, 0.4) is 0 Å². The lowest BCUT2D eigenvalue weighted by molar-refractivity contribution is -0.137. The molecule has 1 amide bonds. The van der Waals surface area contributed by atoms with Gasteiger partial charge in [0.25, 0.3) is 5.91 Å². The number of amides is 1. The standard InChI is InChI=1S/C28H39NO6Si/c1-21-8-11-23(12-9-21)35-25-14-15-29(27(25)30)22-10-13-24(26(18-22)31-4)33-19-28(2,3)34-20-32-16-17-36(5,6)7/h8-14,18H,15-17,19-20H2,1-7H3. The van der Waals surface area contributed by atoms with Crippen LogP contribution in [0.15, 0.2) is 54.3 Å². The second kappa shape index (κ2) is 11.9. The summed E-state index contributed by atoms with van der Waals surface area (Å²) in [7, 11) is 0.460. The van der Waals surface area contributed by atoms with Gasteiger partial charge in [-0.2, -0.15) is 0 Å². The molecule has 36 heavy (non-hydrogen) atoms. The normalized spacial score (nSPS) is 14.1. The Labute approximate surface area is 216 Å². The first-order chi connectivity index (χ1) is 17.0. The summed E-state index contributed by atoms with van der Waals surface area (Å²) in [6, 6.07) is 14.1. The lowest BCUT2D eigenvalue weighted by atomic mass is 10.1. The smallest absolute Gasteiger partial charge is 0.294 e. The highest BCUT2D eigenvalue weighted by Crippen LogP contribution is 2.34. The molecular formula is C28H39NO6Si. The summed E-state index contributed by atoms with van der Waals surface area (Å²) in [5, 5.41) is 0. The first-order valence-corrected chi connectivity index (χ1v) is 16.0. The van der Waals surface area contributed by atoms with E-state index in [9.17, 15) is 4.79 Å². The number of aryl methyl sites for hydroxylation is 1. The van der Waals surface area contributed by atoms with E-state index in [4.69, 9.17) is 23.7 Å². The van der Waals surface area contributed by atoms with Crippen LogP contribution < -0.4 is 19.1 Å². The molecule has 0 saturated carbocycles. The number of hydrogen-bond acceptors (Lipinski definition) is 6. The summed E-state index contributed by atoms with van der Waals surface area (Å²) in [5.41, 5.74) is 1.29. The SMILES string of the molecule is COc1cc(N2CC=C(Oc3ccc(C)cc3)C2=O)ccc1OCC(C)(C)OCOCC[Si](C)(C)C.